The van der Waals surface area contributed by atoms with Crippen molar-refractivity contribution in [3.63, 3.8) is 0 Å². The molecule has 1 aliphatic heterocycles. The summed E-state index contributed by atoms with van der Waals surface area (Å²) < 4.78 is 5.75. The lowest BCUT2D eigenvalue weighted by molar-refractivity contribution is -0.132. The van der Waals surface area contributed by atoms with Crippen LogP contribution in [0.4, 0.5) is 4.79 Å². The first-order chi connectivity index (χ1) is 17.5. The number of oxime groups is 1. The molecule has 0 spiro atoms. The van der Waals surface area contributed by atoms with Gasteiger partial charge in [0, 0.05) is 12.3 Å². The van der Waals surface area contributed by atoms with Gasteiger partial charge in [0.15, 0.2) is 6.10 Å². The monoisotopic (exact) mass is 503 g/mol. The highest BCUT2D eigenvalue weighted by Crippen LogP contribution is 2.44. The van der Waals surface area contributed by atoms with Crippen molar-refractivity contribution in [2.24, 2.45) is 10.9 Å². The molecule has 2 aliphatic rings. The molecule has 1 heterocycles. The number of carbonyl (C=O) groups excluding carboxylic acids is 2. The Morgan fingerprint density at radius 2 is 1.61 bits per heavy atom. The molecule has 0 saturated carbocycles. The van der Waals surface area contributed by atoms with Crippen molar-refractivity contribution in [3.8, 4) is 11.1 Å². The van der Waals surface area contributed by atoms with Crippen LogP contribution >= 0.6 is 11.6 Å². The Bertz CT molecular complexity index is 1250. The van der Waals surface area contributed by atoms with Crippen LogP contribution in [0.15, 0.2) is 84.0 Å². The number of nitrogens with two attached hydrogens (primary N) is 1. The topological polar surface area (TPSA) is 94.2 Å². The minimum absolute atomic E-state index is 0.0578. The van der Waals surface area contributed by atoms with Crippen molar-refractivity contribution in [3.05, 3.63) is 95.6 Å². The number of imide groups is 1. The quantitative estimate of drug-likeness (QED) is 0.505. The molecule has 0 radical (unpaired) electrons. The SMILES string of the molecule is N[C@@H](Cc1ccccc1)C(=O)N(CC1CC(Cl)=NO1)C(=O)OCC1c2ccccc2-c2ccccc21. The molecule has 2 N–H and O–H groups in total. The predicted molar refractivity (Wildman–Crippen MR) is 138 cm³/mol. The Morgan fingerprint density at radius 3 is 2.22 bits per heavy atom. The minimum Gasteiger partial charge on any atom is -0.448 e. The van der Waals surface area contributed by atoms with Crippen LogP contribution in [0.1, 0.15) is 29.0 Å². The van der Waals surface area contributed by atoms with Crippen molar-refractivity contribution in [2.45, 2.75) is 30.9 Å². The molecule has 3 aromatic rings. The summed E-state index contributed by atoms with van der Waals surface area (Å²) >= 11 is 5.94. The smallest absolute Gasteiger partial charge is 0.416 e. The Labute approximate surface area is 214 Å². The van der Waals surface area contributed by atoms with E-state index >= 15 is 0 Å². The second kappa shape index (κ2) is 10.5. The van der Waals surface area contributed by atoms with Crippen molar-refractivity contribution in [1.29, 1.82) is 0 Å². The molecule has 7 nitrogen and oxygen atoms in total. The maximum absolute atomic E-state index is 13.3. The Hall–Kier alpha value is -3.68. The summed E-state index contributed by atoms with van der Waals surface area (Å²) in [6, 6.07) is 24.6. The van der Waals surface area contributed by atoms with Gasteiger partial charge in [0.1, 0.15) is 11.8 Å². The second-order valence-corrected chi connectivity index (χ2v) is 9.38. The fraction of sp³-hybridized carbons (Fsp3) is 0.250. The largest absolute Gasteiger partial charge is 0.448 e. The fourth-order valence-corrected chi connectivity index (χ4v) is 4.99. The number of nitrogens with zero attached hydrogens (tertiary/aromatic N) is 2. The molecule has 8 heteroatoms. The molecule has 0 aromatic heterocycles. The fourth-order valence-electron chi connectivity index (χ4n) is 4.78. The molecule has 3 aromatic carbocycles. The van der Waals surface area contributed by atoms with E-state index in [1.807, 2.05) is 66.7 Å². The van der Waals surface area contributed by atoms with Gasteiger partial charge in [-0.3, -0.25) is 4.79 Å². The van der Waals surface area contributed by atoms with E-state index in [4.69, 9.17) is 26.9 Å². The van der Waals surface area contributed by atoms with E-state index in [0.29, 0.717) is 6.42 Å². The number of carbonyl (C=O) groups is 2. The van der Waals surface area contributed by atoms with Gasteiger partial charge >= 0.3 is 6.09 Å². The summed E-state index contributed by atoms with van der Waals surface area (Å²) in [5, 5.41) is 4.01. The van der Waals surface area contributed by atoms with Gasteiger partial charge in [0.25, 0.3) is 0 Å². The zero-order chi connectivity index (χ0) is 25.1. The van der Waals surface area contributed by atoms with E-state index in [2.05, 4.69) is 17.3 Å². The van der Waals surface area contributed by atoms with Gasteiger partial charge in [-0.05, 0) is 34.2 Å². The van der Waals surface area contributed by atoms with Crippen LogP contribution in [0, 0.1) is 0 Å². The number of ether oxygens (including phenoxy) is 1. The number of amides is 2. The first kappa shape index (κ1) is 24.0. The van der Waals surface area contributed by atoms with E-state index in [0.717, 1.165) is 32.7 Å². The van der Waals surface area contributed by atoms with E-state index in [1.54, 1.807) is 0 Å². The maximum Gasteiger partial charge on any atom is 0.416 e. The van der Waals surface area contributed by atoms with Crippen LogP contribution in [-0.4, -0.2) is 47.4 Å². The summed E-state index contributed by atoms with van der Waals surface area (Å²) in [6.07, 6.45) is -0.728. The van der Waals surface area contributed by atoms with Gasteiger partial charge in [-0.2, -0.15) is 0 Å². The Kier molecular flexibility index (Phi) is 7.02. The third-order valence-electron chi connectivity index (χ3n) is 6.52. The second-order valence-electron chi connectivity index (χ2n) is 8.95. The van der Waals surface area contributed by atoms with E-state index < -0.39 is 24.1 Å². The Morgan fingerprint density at radius 1 is 1.00 bits per heavy atom. The van der Waals surface area contributed by atoms with Crippen molar-refractivity contribution in [1.82, 2.24) is 4.90 Å². The van der Waals surface area contributed by atoms with E-state index in [9.17, 15) is 9.59 Å². The number of halogens is 1. The number of hydrogen-bond acceptors (Lipinski definition) is 6. The van der Waals surface area contributed by atoms with E-state index in [-0.39, 0.29) is 30.7 Å². The van der Waals surface area contributed by atoms with Gasteiger partial charge in [-0.15, -0.1) is 0 Å². The van der Waals surface area contributed by atoms with Gasteiger partial charge in [-0.25, -0.2) is 9.69 Å². The standard InChI is InChI=1S/C28H26ClN3O4/c29-26-15-19(36-31-26)16-32(27(33)25(30)14-18-8-2-1-3-9-18)28(34)35-17-24-22-12-6-4-10-20(22)21-11-5-7-13-23(21)24/h1-13,19,24-25H,14-17,30H2/t19?,25-/m0/s1. The first-order valence-electron chi connectivity index (χ1n) is 11.9. The molecular formula is C28H26ClN3O4. The lowest BCUT2D eigenvalue weighted by Gasteiger charge is -2.26. The van der Waals surface area contributed by atoms with E-state index in [1.165, 1.54) is 0 Å². The molecule has 5 rings (SSSR count). The summed E-state index contributed by atoms with van der Waals surface area (Å²) in [6.45, 7) is 0.0328. The maximum atomic E-state index is 13.3. The summed E-state index contributed by atoms with van der Waals surface area (Å²) in [5.41, 5.74) is 11.6. The summed E-state index contributed by atoms with van der Waals surface area (Å²) in [4.78, 5) is 32.9. The van der Waals surface area contributed by atoms with Gasteiger partial charge in [0.2, 0.25) is 5.91 Å². The van der Waals surface area contributed by atoms with Gasteiger partial charge < -0.3 is 15.3 Å². The van der Waals surface area contributed by atoms with Crippen LogP contribution in [0.2, 0.25) is 0 Å². The average molecular weight is 504 g/mol. The molecule has 0 bridgehead atoms. The first-order valence-corrected chi connectivity index (χ1v) is 12.2. The summed E-state index contributed by atoms with van der Waals surface area (Å²) in [5.74, 6) is -0.667. The van der Waals surface area contributed by atoms with Crippen LogP contribution in [0.5, 0.6) is 0 Å². The third kappa shape index (κ3) is 4.98. The normalized spacial score (nSPS) is 16.9. The highest BCUT2D eigenvalue weighted by Gasteiger charge is 2.35. The number of benzene rings is 3. The zero-order valence-electron chi connectivity index (χ0n) is 19.5. The number of hydrogen-bond donors (Lipinski definition) is 1. The lowest BCUT2D eigenvalue weighted by Crippen LogP contribution is -2.50. The van der Waals surface area contributed by atoms with Crippen LogP contribution in [-0.2, 0) is 20.8 Å². The molecule has 1 aliphatic carbocycles. The minimum atomic E-state index is -0.925. The van der Waals surface area contributed by atoms with Crippen molar-refractivity contribution < 1.29 is 19.2 Å². The third-order valence-corrected chi connectivity index (χ3v) is 6.74. The molecular weight excluding hydrogens is 478 g/mol. The average Bonchev–Trinajstić information content (AvgIpc) is 3.46. The molecule has 1 unspecified atom stereocenters. The van der Waals surface area contributed by atoms with Crippen molar-refractivity contribution >= 4 is 28.8 Å². The van der Waals surface area contributed by atoms with Gasteiger partial charge in [-0.1, -0.05) is 95.6 Å². The van der Waals surface area contributed by atoms with Crippen LogP contribution in [0.3, 0.4) is 0 Å². The molecule has 2 amide bonds. The molecule has 184 valence electrons. The highest BCUT2D eigenvalue weighted by molar-refractivity contribution is 6.65. The van der Waals surface area contributed by atoms with Gasteiger partial charge in [0.05, 0.1) is 12.6 Å². The van der Waals surface area contributed by atoms with Crippen molar-refractivity contribution in [2.75, 3.05) is 13.2 Å². The molecule has 36 heavy (non-hydrogen) atoms. The zero-order valence-corrected chi connectivity index (χ0v) is 20.3. The highest BCUT2D eigenvalue weighted by atomic mass is 35.5. The molecule has 2 atom stereocenters. The number of rotatable bonds is 7. The number of fused-ring (bicyclic) bond motifs is 3. The van der Waals surface area contributed by atoms with Crippen LogP contribution in [0.25, 0.3) is 11.1 Å². The predicted octanol–water partition coefficient (Wildman–Crippen LogP) is 4.68. The van der Waals surface area contributed by atoms with Crippen LogP contribution < -0.4 is 5.73 Å². The summed E-state index contributed by atoms with van der Waals surface area (Å²) in [7, 11) is 0. The molecule has 0 fully saturated rings. The lowest BCUT2D eigenvalue weighted by atomic mass is 9.98. The Balaban J connectivity index is 1.32. The molecule has 0 saturated heterocycles.